The van der Waals surface area contributed by atoms with E-state index in [0.29, 0.717) is 41.5 Å². The Labute approximate surface area is 229 Å². The van der Waals surface area contributed by atoms with Gasteiger partial charge in [-0.15, -0.1) is 6.58 Å². The largest absolute Gasteiger partial charge is 0.492 e. The summed E-state index contributed by atoms with van der Waals surface area (Å²) < 4.78 is 7.58. The van der Waals surface area contributed by atoms with E-state index in [1.165, 1.54) is 0 Å². The fourth-order valence-electron chi connectivity index (χ4n) is 5.51. The van der Waals surface area contributed by atoms with Crippen LogP contribution in [0, 0.1) is 17.3 Å². The molecule has 210 valence electrons. The zero-order valence-electron chi connectivity index (χ0n) is 24.9. The first-order chi connectivity index (χ1) is 17.6. The molecule has 6 heteroatoms. The van der Waals surface area contributed by atoms with E-state index in [4.69, 9.17) is 16.2 Å². The quantitative estimate of drug-likeness (QED) is 0.229. The van der Waals surface area contributed by atoms with E-state index in [1.54, 1.807) is 23.0 Å². The summed E-state index contributed by atoms with van der Waals surface area (Å²) in [5.41, 5.74) is 13.4. The molecule has 0 saturated heterocycles. The SMILES string of the molecule is C=CCn1c(=O)c2cnccc2c2ccc(OC[C@@H](N)CC(C)C)cc21.CC(C)CC(C)(N)CC(C)(C)C. The molecule has 0 radical (unpaired) electrons. The molecule has 0 amide bonds. The Balaban J connectivity index is 0.000000358. The maximum Gasteiger partial charge on any atom is 0.260 e. The number of aromatic nitrogens is 2. The third-order valence-corrected chi connectivity index (χ3v) is 6.21. The maximum absolute atomic E-state index is 12.8. The summed E-state index contributed by atoms with van der Waals surface area (Å²) in [6.07, 6.45) is 8.16. The lowest BCUT2D eigenvalue weighted by atomic mass is 9.77. The van der Waals surface area contributed by atoms with Crippen molar-refractivity contribution in [2.75, 3.05) is 6.61 Å². The molecule has 4 N–H and O–H groups in total. The first kappa shape index (κ1) is 31.5. The highest BCUT2D eigenvalue weighted by Crippen LogP contribution is 2.29. The minimum atomic E-state index is -0.0749. The lowest BCUT2D eigenvalue weighted by Crippen LogP contribution is -2.41. The van der Waals surface area contributed by atoms with Crippen molar-refractivity contribution in [1.82, 2.24) is 9.55 Å². The van der Waals surface area contributed by atoms with Crippen LogP contribution >= 0.6 is 0 Å². The molecular weight excluding hydrogens is 472 g/mol. The summed E-state index contributed by atoms with van der Waals surface area (Å²) >= 11 is 0. The average molecular weight is 523 g/mol. The topological polar surface area (TPSA) is 96.2 Å². The Kier molecular flexibility index (Phi) is 11.1. The molecular formula is C32H50N4O2. The van der Waals surface area contributed by atoms with Gasteiger partial charge in [-0.3, -0.25) is 9.78 Å². The Morgan fingerprint density at radius 1 is 1.05 bits per heavy atom. The Morgan fingerprint density at radius 3 is 2.32 bits per heavy atom. The number of allylic oxidation sites excluding steroid dienone is 1. The van der Waals surface area contributed by atoms with Crippen LogP contribution in [0.5, 0.6) is 5.75 Å². The minimum absolute atomic E-state index is 0.00637. The van der Waals surface area contributed by atoms with Gasteiger partial charge in [0.05, 0.1) is 10.9 Å². The molecule has 38 heavy (non-hydrogen) atoms. The van der Waals surface area contributed by atoms with Crippen LogP contribution in [-0.2, 0) is 6.54 Å². The van der Waals surface area contributed by atoms with Crippen molar-refractivity contribution in [3.8, 4) is 5.75 Å². The van der Waals surface area contributed by atoms with Crippen LogP contribution in [0.4, 0.5) is 0 Å². The molecule has 1 aromatic carbocycles. The highest BCUT2D eigenvalue weighted by Gasteiger charge is 2.26. The van der Waals surface area contributed by atoms with Crippen LogP contribution in [0.3, 0.4) is 0 Å². The normalized spacial score (nSPS) is 14.3. The molecule has 1 unspecified atom stereocenters. The molecule has 2 heterocycles. The Morgan fingerprint density at radius 2 is 1.74 bits per heavy atom. The minimum Gasteiger partial charge on any atom is -0.492 e. The Hall–Kier alpha value is -2.70. The summed E-state index contributed by atoms with van der Waals surface area (Å²) in [5, 5.41) is 2.49. The standard InChI is InChI=1S/C21H25N3O2.C11H25N/c1-4-9-24-20-11-16(26-13-15(22)10-14(2)3)5-6-18(20)17-7-8-23-12-19(17)21(24)25;1-9(2)7-11(6,12)8-10(3,4)5/h4-8,11-12,14-15H,1,9-10,13,22H2,2-3H3;9H,7-8,12H2,1-6H3/t15-;/m0./s1. The molecule has 2 atom stereocenters. The summed E-state index contributed by atoms with van der Waals surface area (Å²) in [6.45, 7) is 22.3. The van der Waals surface area contributed by atoms with Gasteiger partial charge >= 0.3 is 0 Å². The number of nitrogens with two attached hydrogens (primary N) is 2. The second-order valence-electron chi connectivity index (χ2n) is 13.0. The van der Waals surface area contributed by atoms with Crippen molar-refractivity contribution in [2.45, 2.75) is 92.8 Å². The van der Waals surface area contributed by atoms with Crippen LogP contribution in [-0.4, -0.2) is 27.7 Å². The van der Waals surface area contributed by atoms with E-state index < -0.39 is 0 Å². The molecule has 3 rings (SSSR count). The van der Waals surface area contributed by atoms with Gasteiger partial charge in [-0.05, 0) is 67.0 Å². The van der Waals surface area contributed by atoms with E-state index in [2.05, 4.69) is 67.0 Å². The second-order valence-corrected chi connectivity index (χ2v) is 13.0. The van der Waals surface area contributed by atoms with Crippen molar-refractivity contribution in [3.05, 3.63) is 59.7 Å². The number of fused-ring (bicyclic) bond motifs is 3. The predicted molar refractivity (Wildman–Crippen MR) is 163 cm³/mol. The van der Waals surface area contributed by atoms with E-state index in [1.807, 2.05) is 24.3 Å². The van der Waals surface area contributed by atoms with Crippen LogP contribution in [0.1, 0.15) is 74.7 Å². The zero-order valence-corrected chi connectivity index (χ0v) is 24.9. The van der Waals surface area contributed by atoms with E-state index in [9.17, 15) is 4.79 Å². The summed E-state index contributed by atoms with van der Waals surface area (Å²) in [4.78, 5) is 16.9. The molecule has 0 aliphatic rings. The number of pyridine rings is 2. The van der Waals surface area contributed by atoms with Gasteiger partial charge in [-0.1, -0.05) is 54.5 Å². The van der Waals surface area contributed by atoms with Gasteiger partial charge in [0.25, 0.3) is 5.56 Å². The lowest BCUT2D eigenvalue weighted by molar-refractivity contribution is 0.239. The molecule has 0 aliphatic heterocycles. The molecule has 6 nitrogen and oxygen atoms in total. The van der Waals surface area contributed by atoms with E-state index in [-0.39, 0.29) is 17.1 Å². The summed E-state index contributed by atoms with van der Waals surface area (Å²) in [7, 11) is 0. The van der Waals surface area contributed by atoms with Crippen molar-refractivity contribution >= 4 is 21.7 Å². The van der Waals surface area contributed by atoms with E-state index >= 15 is 0 Å². The van der Waals surface area contributed by atoms with Gasteiger partial charge < -0.3 is 20.8 Å². The predicted octanol–water partition coefficient (Wildman–Crippen LogP) is 6.67. The fourth-order valence-corrected chi connectivity index (χ4v) is 5.51. The summed E-state index contributed by atoms with van der Waals surface area (Å²) in [5.74, 6) is 1.94. The van der Waals surface area contributed by atoms with Crippen LogP contribution < -0.4 is 21.8 Å². The number of hydrogen-bond donors (Lipinski definition) is 2. The number of rotatable bonds is 10. The average Bonchev–Trinajstić information content (AvgIpc) is 2.78. The molecule has 0 saturated carbocycles. The van der Waals surface area contributed by atoms with Gasteiger partial charge in [0.1, 0.15) is 12.4 Å². The van der Waals surface area contributed by atoms with Crippen LogP contribution in [0.25, 0.3) is 21.7 Å². The van der Waals surface area contributed by atoms with Gasteiger partial charge in [-0.2, -0.15) is 0 Å². The smallest absolute Gasteiger partial charge is 0.260 e. The second kappa shape index (κ2) is 13.4. The third kappa shape index (κ3) is 9.55. The van der Waals surface area contributed by atoms with E-state index in [0.717, 1.165) is 35.6 Å². The molecule has 0 bridgehead atoms. The Bertz CT molecular complexity index is 1250. The number of ether oxygens (including phenoxy) is 1. The van der Waals surface area contributed by atoms with Gasteiger partial charge in [0.2, 0.25) is 0 Å². The monoisotopic (exact) mass is 522 g/mol. The molecule has 0 fully saturated rings. The van der Waals surface area contributed by atoms with Gasteiger partial charge in [0, 0.05) is 42.0 Å². The van der Waals surface area contributed by atoms with Crippen molar-refractivity contribution in [1.29, 1.82) is 0 Å². The van der Waals surface area contributed by atoms with Crippen molar-refractivity contribution in [3.63, 3.8) is 0 Å². The number of benzene rings is 1. The van der Waals surface area contributed by atoms with Crippen molar-refractivity contribution in [2.24, 2.45) is 28.7 Å². The fraction of sp³-hybridized carbons (Fsp3) is 0.562. The molecule has 3 aromatic rings. The highest BCUT2D eigenvalue weighted by molar-refractivity contribution is 6.05. The first-order valence-electron chi connectivity index (χ1n) is 13.8. The van der Waals surface area contributed by atoms with Crippen LogP contribution in [0.15, 0.2) is 54.1 Å². The number of nitrogens with zero attached hydrogens (tertiary/aromatic N) is 2. The summed E-state index contributed by atoms with van der Waals surface area (Å²) in [6, 6.07) is 7.68. The van der Waals surface area contributed by atoms with Crippen LogP contribution in [0.2, 0.25) is 0 Å². The third-order valence-electron chi connectivity index (χ3n) is 6.21. The lowest BCUT2D eigenvalue weighted by Gasteiger charge is -2.33. The van der Waals surface area contributed by atoms with Gasteiger partial charge in [-0.25, -0.2) is 0 Å². The molecule has 2 aromatic heterocycles. The van der Waals surface area contributed by atoms with Gasteiger partial charge in [0.15, 0.2) is 0 Å². The van der Waals surface area contributed by atoms with Crippen molar-refractivity contribution < 1.29 is 4.74 Å². The maximum atomic E-state index is 12.8. The number of hydrogen-bond acceptors (Lipinski definition) is 5. The molecule has 0 spiro atoms. The first-order valence-corrected chi connectivity index (χ1v) is 13.8. The molecule has 0 aliphatic carbocycles. The highest BCUT2D eigenvalue weighted by atomic mass is 16.5. The zero-order chi connectivity index (χ0) is 28.7.